The molecule has 190 valence electrons. The summed E-state index contributed by atoms with van der Waals surface area (Å²) in [6.45, 7) is 0.660. The van der Waals surface area contributed by atoms with Crippen LogP contribution in [0.2, 0.25) is 0 Å². The molecule has 0 saturated heterocycles. The number of nitrogens with one attached hydrogen (secondary N) is 2. The first-order valence-corrected chi connectivity index (χ1v) is 10.1. The molecule has 1 amide bonds. The van der Waals surface area contributed by atoms with Crippen LogP contribution in [0.15, 0.2) is 40.3 Å². The molecule has 0 aliphatic heterocycles. The van der Waals surface area contributed by atoms with Gasteiger partial charge in [0.1, 0.15) is 13.2 Å². The molecule has 1 heterocycles. The second kappa shape index (κ2) is 12.2. The van der Waals surface area contributed by atoms with Crippen LogP contribution in [-0.2, 0) is 27.4 Å². The van der Waals surface area contributed by atoms with Crippen LogP contribution in [0.5, 0.6) is 5.88 Å². The van der Waals surface area contributed by atoms with Crippen molar-refractivity contribution in [1.82, 2.24) is 14.9 Å². The molecule has 0 radical (unpaired) electrons. The van der Waals surface area contributed by atoms with E-state index < -0.39 is 36.0 Å². The van der Waals surface area contributed by atoms with E-state index in [-0.39, 0.29) is 37.2 Å². The molecule has 0 aliphatic carbocycles. The van der Waals surface area contributed by atoms with Gasteiger partial charge < -0.3 is 31.7 Å². The monoisotopic (exact) mass is 499 g/mol. The van der Waals surface area contributed by atoms with Gasteiger partial charge in [0.05, 0.1) is 12.2 Å². The Morgan fingerprint density at radius 1 is 1.17 bits per heavy atom. The first-order chi connectivity index (χ1) is 16.5. The van der Waals surface area contributed by atoms with Crippen molar-refractivity contribution in [2.75, 3.05) is 25.0 Å². The Bertz CT molecular complexity index is 1120. The van der Waals surface area contributed by atoms with Crippen molar-refractivity contribution < 1.29 is 32.3 Å². The maximum atomic E-state index is 12.9. The van der Waals surface area contributed by atoms with Gasteiger partial charge in [0.25, 0.3) is 5.56 Å². The van der Waals surface area contributed by atoms with Crippen molar-refractivity contribution in [3.63, 3.8) is 0 Å². The van der Waals surface area contributed by atoms with Crippen LogP contribution >= 0.6 is 0 Å². The number of benzene rings is 1. The highest BCUT2D eigenvalue weighted by molar-refractivity contribution is 5.78. The minimum atomic E-state index is -5.29. The normalized spacial score (nSPS) is 10.9. The van der Waals surface area contributed by atoms with Crippen molar-refractivity contribution in [1.29, 1.82) is 0 Å². The summed E-state index contributed by atoms with van der Waals surface area (Å²) < 4.78 is 43.3. The Labute approximate surface area is 197 Å². The lowest BCUT2D eigenvalue weighted by Crippen LogP contribution is -2.37. The van der Waals surface area contributed by atoms with Gasteiger partial charge in [0.2, 0.25) is 17.7 Å². The number of aromatic nitrogens is 2. The Morgan fingerprint density at radius 3 is 2.49 bits per heavy atom. The van der Waals surface area contributed by atoms with Gasteiger partial charge >= 0.3 is 12.1 Å². The molecule has 0 bridgehead atoms. The molecule has 2 rings (SSSR count). The number of oxime groups is 1. The minimum Gasteiger partial charge on any atom is -0.399 e. The summed E-state index contributed by atoms with van der Waals surface area (Å²) >= 11 is 0. The molecular weight excluding hydrogens is 475 g/mol. The number of carbonyl (C=O) groups excluding carboxylic acids is 2. The number of alkyl halides is 3. The summed E-state index contributed by atoms with van der Waals surface area (Å²) in [5.41, 5.74) is 10.0. The molecule has 0 aliphatic rings. The summed E-state index contributed by atoms with van der Waals surface area (Å²) in [7, 11) is 0. The summed E-state index contributed by atoms with van der Waals surface area (Å²) in [5.74, 6) is -4.67. The molecular formula is C20H24F3N7O5. The van der Waals surface area contributed by atoms with Gasteiger partial charge in [-0.2, -0.15) is 18.2 Å². The number of anilines is 1. The summed E-state index contributed by atoms with van der Waals surface area (Å²) in [6.07, 6.45) is -4.83. The zero-order chi connectivity index (χ0) is 26.0. The SMILES string of the molecule is Cc1c(OC(=O)C(F)(F)F)nc(NCCc2ccccc2)c(=O)n1CC(=O)NCCON=C(N)N. The average Bonchev–Trinajstić information content (AvgIpc) is 2.79. The zero-order valence-corrected chi connectivity index (χ0v) is 18.6. The largest absolute Gasteiger partial charge is 0.491 e. The van der Waals surface area contributed by atoms with Crippen molar-refractivity contribution in [2.45, 2.75) is 26.1 Å². The number of carbonyl (C=O) groups is 2. The van der Waals surface area contributed by atoms with E-state index in [1.54, 1.807) is 0 Å². The maximum absolute atomic E-state index is 12.9. The fourth-order valence-corrected chi connectivity index (χ4v) is 2.70. The van der Waals surface area contributed by atoms with Crippen molar-refractivity contribution >= 4 is 23.7 Å². The van der Waals surface area contributed by atoms with Gasteiger partial charge in [-0.1, -0.05) is 30.3 Å². The fraction of sp³-hybridized carbons (Fsp3) is 0.350. The highest BCUT2D eigenvalue weighted by atomic mass is 19.4. The topological polar surface area (TPSA) is 176 Å². The lowest BCUT2D eigenvalue weighted by Gasteiger charge is -2.16. The Hall–Kier alpha value is -4.30. The van der Waals surface area contributed by atoms with E-state index in [9.17, 15) is 27.6 Å². The molecule has 15 heteroatoms. The van der Waals surface area contributed by atoms with E-state index in [0.717, 1.165) is 10.1 Å². The third-order valence-corrected chi connectivity index (χ3v) is 4.33. The van der Waals surface area contributed by atoms with Crippen molar-refractivity contribution in [3.05, 3.63) is 51.9 Å². The molecule has 1 aromatic carbocycles. The van der Waals surface area contributed by atoms with E-state index in [0.29, 0.717) is 6.42 Å². The number of amides is 1. The molecule has 0 spiro atoms. The Morgan fingerprint density at radius 2 is 1.86 bits per heavy atom. The van der Waals surface area contributed by atoms with Crippen LogP contribution in [-0.4, -0.2) is 53.3 Å². The summed E-state index contributed by atoms with van der Waals surface area (Å²) in [6, 6.07) is 9.17. The lowest BCUT2D eigenvalue weighted by atomic mass is 10.1. The number of esters is 1. The van der Waals surface area contributed by atoms with Crippen LogP contribution in [0.1, 0.15) is 11.3 Å². The zero-order valence-electron chi connectivity index (χ0n) is 18.6. The van der Waals surface area contributed by atoms with E-state index in [1.807, 2.05) is 30.3 Å². The van der Waals surface area contributed by atoms with Crippen LogP contribution in [0.4, 0.5) is 19.0 Å². The predicted molar refractivity (Wildman–Crippen MR) is 118 cm³/mol. The maximum Gasteiger partial charge on any atom is 0.491 e. The van der Waals surface area contributed by atoms with Crippen LogP contribution in [0, 0.1) is 6.92 Å². The first-order valence-electron chi connectivity index (χ1n) is 10.1. The van der Waals surface area contributed by atoms with E-state index in [1.165, 1.54) is 6.92 Å². The van der Waals surface area contributed by atoms with Crippen molar-refractivity contribution in [2.24, 2.45) is 16.6 Å². The lowest BCUT2D eigenvalue weighted by molar-refractivity contribution is -0.190. The number of guanidine groups is 1. The predicted octanol–water partition coefficient (Wildman–Crippen LogP) is -0.00478. The number of nitrogens with zero attached hydrogens (tertiary/aromatic N) is 3. The average molecular weight is 499 g/mol. The van der Waals surface area contributed by atoms with E-state index >= 15 is 0 Å². The number of nitrogens with two attached hydrogens (primary N) is 2. The number of ether oxygens (including phenoxy) is 1. The molecule has 2 aromatic rings. The highest BCUT2D eigenvalue weighted by Gasteiger charge is 2.42. The standard InChI is InChI=1S/C20H24F3N7O5/c1-12-16(35-18(33)20(21,22)23)28-15(27-8-7-13-5-3-2-4-6-13)17(32)30(12)11-14(31)26-9-10-34-29-19(24)25/h2-6H,7-11H2,1H3,(H,26,31)(H,27,28)(H4,24,25,29). The van der Waals surface area contributed by atoms with Gasteiger partial charge in [-0.15, -0.1) is 0 Å². The Kier molecular flexibility index (Phi) is 9.43. The molecule has 0 saturated carbocycles. The van der Waals surface area contributed by atoms with Gasteiger partial charge in [-0.25, -0.2) is 4.79 Å². The van der Waals surface area contributed by atoms with E-state index in [4.69, 9.17) is 16.3 Å². The Balaban J connectivity index is 2.22. The number of hydrogen-bond acceptors (Lipinski definition) is 8. The van der Waals surface area contributed by atoms with Crippen molar-refractivity contribution in [3.8, 4) is 5.88 Å². The number of halogens is 3. The third kappa shape index (κ3) is 8.53. The molecule has 0 fully saturated rings. The number of rotatable bonds is 11. The molecule has 12 nitrogen and oxygen atoms in total. The summed E-state index contributed by atoms with van der Waals surface area (Å²) in [5, 5.41) is 8.41. The van der Waals surface area contributed by atoms with Gasteiger partial charge in [0, 0.05) is 6.54 Å². The number of hydrogen-bond donors (Lipinski definition) is 4. The second-order valence-corrected chi connectivity index (χ2v) is 6.99. The van der Waals surface area contributed by atoms with Crippen LogP contribution in [0.3, 0.4) is 0 Å². The first kappa shape index (κ1) is 26.9. The van der Waals surface area contributed by atoms with Gasteiger partial charge in [0.15, 0.2) is 5.82 Å². The molecule has 0 unspecified atom stereocenters. The third-order valence-electron chi connectivity index (χ3n) is 4.33. The smallest absolute Gasteiger partial charge is 0.399 e. The van der Waals surface area contributed by atoms with E-state index in [2.05, 4.69) is 25.5 Å². The molecule has 0 atom stereocenters. The van der Waals surface area contributed by atoms with Gasteiger partial charge in [-0.05, 0) is 24.1 Å². The molecule has 35 heavy (non-hydrogen) atoms. The molecule has 6 N–H and O–H groups in total. The molecule has 1 aromatic heterocycles. The van der Waals surface area contributed by atoms with Crippen LogP contribution < -0.4 is 32.4 Å². The van der Waals surface area contributed by atoms with Gasteiger partial charge in [-0.3, -0.25) is 14.2 Å². The summed E-state index contributed by atoms with van der Waals surface area (Å²) in [4.78, 5) is 45.0. The highest BCUT2D eigenvalue weighted by Crippen LogP contribution is 2.21. The van der Waals surface area contributed by atoms with Crippen LogP contribution in [0.25, 0.3) is 0 Å². The fourth-order valence-electron chi connectivity index (χ4n) is 2.70. The minimum absolute atomic E-state index is 0.0351. The quantitative estimate of drug-likeness (QED) is 0.109. The second-order valence-electron chi connectivity index (χ2n) is 6.99.